The van der Waals surface area contributed by atoms with E-state index < -0.39 is 5.97 Å². The third kappa shape index (κ3) is 1.90. The van der Waals surface area contributed by atoms with Crippen molar-refractivity contribution in [3.8, 4) is 11.3 Å². The fourth-order valence-corrected chi connectivity index (χ4v) is 2.89. The van der Waals surface area contributed by atoms with E-state index >= 15 is 0 Å². The summed E-state index contributed by atoms with van der Waals surface area (Å²) in [6.45, 7) is 3.56. The van der Waals surface area contributed by atoms with Crippen molar-refractivity contribution < 1.29 is 18.8 Å². The maximum atomic E-state index is 12.7. The Labute approximate surface area is 131 Å². The summed E-state index contributed by atoms with van der Waals surface area (Å²) >= 11 is 0. The highest BCUT2D eigenvalue weighted by Crippen LogP contribution is 2.40. The van der Waals surface area contributed by atoms with E-state index in [0.29, 0.717) is 38.9 Å². The van der Waals surface area contributed by atoms with E-state index in [1.165, 1.54) is 0 Å². The van der Waals surface area contributed by atoms with Crippen molar-refractivity contribution in [2.75, 3.05) is 0 Å². The monoisotopic (exact) mass is 307 g/mol. The van der Waals surface area contributed by atoms with Crippen molar-refractivity contribution in [2.45, 2.75) is 20.0 Å². The van der Waals surface area contributed by atoms with Gasteiger partial charge in [-0.2, -0.15) is 0 Å². The van der Waals surface area contributed by atoms with Gasteiger partial charge in [0.2, 0.25) is 0 Å². The molecule has 5 nitrogen and oxygen atoms in total. The number of ketones is 1. The first-order chi connectivity index (χ1) is 11.1. The van der Waals surface area contributed by atoms with Crippen molar-refractivity contribution in [3.05, 3.63) is 53.1 Å². The lowest BCUT2D eigenvalue weighted by molar-refractivity contribution is 0.0379. The average molecular weight is 307 g/mol. The van der Waals surface area contributed by atoms with Crippen molar-refractivity contribution in [1.29, 1.82) is 0 Å². The minimum atomic E-state index is -0.474. The van der Waals surface area contributed by atoms with Crippen molar-refractivity contribution in [1.82, 2.24) is 5.16 Å². The minimum Gasteiger partial charge on any atom is -0.459 e. The number of rotatable bonds is 2. The van der Waals surface area contributed by atoms with Crippen LogP contribution in [0.1, 0.15) is 40.1 Å². The van der Waals surface area contributed by atoms with Gasteiger partial charge in [-0.05, 0) is 26.0 Å². The van der Waals surface area contributed by atoms with Crippen LogP contribution in [0.4, 0.5) is 0 Å². The number of ether oxygens (including phenoxy) is 1. The fourth-order valence-electron chi connectivity index (χ4n) is 2.89. The summed E-state index contributed by atoms with van der Waals surface area (Å²) in [4.78, 5) is 24.9. The number of esters is 1. The predicted molar refractivity (Wildman–Crippen MR) is 83.4 cm³/mol. The van der Waals surface area contributed by atoms with Gasteiger partial charge in [0.1, 0.15) is 5.52 Å². The highest BCUT2D eigenvalue weighted by molar-refractivity contribution is 6.26. The Kier molecular flexibility index (Phi) is 2.84. The van der Waals surface area contributed by atoms with E-state index in [1.54, 1.807) is 32.0 Å². The van der Waals surface area contributed by atoms with Gasteiger partial charge in [-0.3, -0.25) is 4.79 Å². The molecule has 1 aliphatic carbocycles. The van der Waals surface area contributed by atoms with Crippen LogP contribution in [0.25, 0.3) is 22.2 Å². The standard InChI is InChI=1S/C18H13NO4/c1-9(2)22-18(21)13-8-7-12-14-15(13)19-23-17(14)11-6-4-3-5-10(11)16(12)20/h3-9H,1-2H3. The predicted octanol–water partition coefficient (Wildman–Crippen LogP) is 3.60. The second-order valence-corrected chi connectivity index (χ2v) is 5.72. The molecule has 0 radical (unpaired) electrons. The molecule has 5 heteroatoms. The summed E-state index contributed by atoms with van der Waals surface area (Å²) in [7, 11) is 0. The second-order valence-electron chi connectivity index (χ2n) is 5.72. The zero-order valence-electron chi connectivity index (χ0n) is 12.6. The molecule has 1 aliphatic rings. The molecule has 0 amide bonds. The van der Waals surface area contributed by atoms with Gasteiger partial charge in [0, 0.05) is 16.7 Å². The molecule has 1 aromatic heterocycles. The topological polar surface area (TPSA) is 69.4 Å². The Bertz CT molecular complexity index is 968. The van der Waals surface area contributed by atoms with Crippen molar-refractivity contribution >= 4 is 22.7 Å². The van der Waals surface area contributed by atoms with Gasteiger partial charge in [-0.15, -0.1) is 0 Å². The summed E-state index contributed by atoms with van der Waals surface area (Å²) < 4.78 is 10.7. The van der Waals surface area contributed by atoms with E-state index in [-0.39, 0.29) is 11.9 Å². The lowest BCUT2D eigenvalue weighted by atomic mass is 9.87. The zero-order valence-corrected chi connectivity index (χ0v) is 12.6. The molecule has 0 fully saturated rings. The molecule has 0 unspecified atom stereocenters. The van der Waals surface area contributed by atoms with Crippen molar-refractivity contribution in [2.24, 2.45) is 0 Å². The van der Waals surface area contributed by atoms with Gasteiger partial charge in [-0.25, -0.2) is 4.79 Å². The molecule has 0 aliphatic heterocycles. The Morgan fingerprint density at radius 1 is 1.09 bits per heavy atom. The Morgan fingerprint density at radius 2 is 1.83 bits per heavy atom. The average Bonchev–Trinajstić information content (AvgIpc) is 2.97. The second kappa shape index (κ2) is 4.78. The quantitative estimate of drug-likeness (QED) is 0.529. The third-order valence-corrected chi connectivity index (χ3v) is 3.86. The summed E-state index contributed by atoms with van der Waals surface area (Å²) in [6.07, 6.45) is -0.237. The van der Waals surface area contributed by atoms with Crippen LogP contribution in [0.2, 0.25) is 0 Å². The van der Waals surface area contributed by atoms with Crippen LogP contribution < -0.4 is 0 Å². The number of hydrogen-bond acceptors (Lipinski definition) is 5. The SMILES string of the molecule is CC(C)OC(=O)c1ccc2c3c(onc13)-c1ccccc1C2=O. The molecule has 3 aromatic rings. The number of carbonyl (C=O) groups excluding carboxylic acids is 2. The molecule has 23 heavy (non-hydrogen) atoms. The Hall–Kier alpha value is -2.95. The zero-order chi connectivity index (χ0) is 16.1. The molecule has 0 saturated carbocycles. The molecule has 4 rings (SSSR count). The molecule has 2 aromatic carbocycles. The first-order valence-corrected chi connectivity index (χ1v) is 7.35. The summed E-state index contributed by atoms with van der Waals surface area (Å²) in [6, 6.07) is 10.4. The first-order valence-electron chi connectivity index (χ1n) is 7.35. The van der Waals surface area contributed by atoms with Crippen LogP contribution in [-0.4, -0.2) is 23.0 Å². The number of benzene rings is 2. The molecule has 0 spiro atoms. The van der Waals surface area contributed by atoms with Gasteiger partial charge in [0.15, 0.2) is 11.5 Å². The highest BCUT2D eigenvalue weighted by atomic mass is 16.5. The van der Waals surface area contributed by atoms with Crippen molar-refractivity contribution in [3.63, 3.8) is 0 Å². The van der Waals surface area contributed by atoms with E-state index in [4.69, 9.17) is 9.26 Å². The molecular weight excluding hydrogens is 294 g/mol. The van der Waals surface area contributed by atoms with E-state index in [1.807, 2.05) is 18.2 Å². The van der Waals surface area contributed by atoms with E-state index in [9.17, 15) is 9.59 Å². The number of fused-ring (bicyclic) bond motifs is 2. The molecule has 0 bridgehead atoms. The van der Waals surface area contributed by atoms with E-state index in [2.05, 4.69) is 5.16 Å². The molecule has 1 heterocycles. The Balaban J connectivity index is 1.99. The van der Waals surface area contributed by atoms with E-state index in [0.717, 1.165) is 0 Å². The van der Waals surface area contributed by atoms with Crippen LogP contribution in [-0.2, 0) is 4.74 Å². The van der Waals surface area contributed by atoms with Crippen LogP contribution >= 0.6 is 0 Å². The van der Waals surface area contributed by atoms with Gasteiger partial charge in [0.05, 0.1) is 17.1 Å². The maximum absolute atomic E-state index is 12.7. The Morgan fingerprint density at radius 3 is 2.57 bits per heavy atom. The lowest BCUT2D eigenvalue weighted by Gasteiger charge is -2.14. The fraction of sp³-hybridized carbons (Fsp3) is 0.167. The van der Waals surface area contributed by atoms with Gasteiger partial charge in [0.25, 0.3) is 0 Å². The number of nitrogens with zero attached hydrogens (tertiary/aromatic N) is 1. The van der Waals surface area contributed by atoms with Crippen LogP contribution in [0.3, 0.4) is 0 Å². The van der Waals surface area contributed by atoms with Gasteiger partial charge in [-0.1, -0.05) is 29.4 Å². The summed E-state index contributed by atoms with van der Waals surface area (Å²) in [5, 5.41) is 4.60. The van der Waals surface area contributed by atoms with Gasteiger partial charge < -0.3 is 9.26 Å². The molecular formula is C18H13NO4. The van der Waals surface area contributed by atoms with Crippen LogP contribution in [0.5, 0.6) is 0 Å². The normalized spacial score (nSPS) is 12.6. The number of carbonyl (C=O) groups is 2. The largest absolute Gasteiger partial charge is 0.459 e. The maximum Gasteiger partial charge on any atom is 0.340 e. The molecule has 114 valence electrons. The highest BCUT2D eigenvalue weighted by Gasteiger charge is 2.31. The molecule has 0 saturated heterocycles. The minimum absolute atomic E-state index is 0.0925. The smallest absolute Gasteiger partial charge is 0.340 e. The van der Waals surface area contributed by atoms with Crippen LogP contribution in [0.15, 0.2) is 40.9 Å². The summed E-state index contributed by atoms with van der Waals surface area (Å²) in [5.41, 5.74) is 2.44. The number of hydrogen-bond donors (Lipinski definition) is 0. The third-order valence-electron chi connectivity index (χ3n) is 3.86. The number of aromatic nitrogens is 1. The first kappa shape index (κ1) is 13.7. The summed E-state index contributed by atoms with van der Waals surface area (Å²) in [5.74, 6) is -0.0489. The lowest BCUT2D eigenvalue weighted by Crippen LogP contribution is -2.14. The molecule has 0 atom stereocenters. The molecule has 0 N–H and O–H groups in total. The van der Waals surface area contributed by atoms with Gasteiger partial charge >= 0.3 is 5.97 Å². The van der Waals surface area contributed by atoms with Crippen LogP contribution in [0, 0.1) is 0 Å².